The second kappa shape index (κ2) is 17.1. The molecular weight excluding hydrogens is 895 g/mol. The number of Topliss-reactive ketones (excluding diaryl/α,β-unsaturated/α-hetero) is 1. The van der Waals surface area contributed by atoms with Crippen LogP contribution in [0.15, 0.2) is 94.6 Å². The molecule has 1 unspecified atom stereocenters. The zero-order valence-electron chi connectivity index (χ0n) is 30.0. The number of anilines is 1. The molecule has 0 aliphatic rings. The van der Waals surface area contributed by atoms with Crippen molar-refractivity contribution in [3.05, 3.63) is 60.2 Å². The van der Waals surface area contributed by atoms with E-state index in [1.54, 1.807) is 0 Å². The summed E-state index contributed by atoms with van der Waals surface area (Å²) in [6, 6.07) is 5.86. The van der Waals surface area contributed by atoms with Gasteiger partial charge in [0.1, 0.15) is 26.9 Å². The topological polar surface area (TPSA) is 386 Å². The van der Waals surface area contributed by atoms with Gasteiger partial charge < -0.3 is 15.2 Å². The number of sulfone groups is 1. The minimum Gasteiger partial charge on any atom is -0.505 e. The molecular formula is C30H29N5O19S5. The fourth-order valence-corrected chi connectivity index (χ4v) is 8.42. The lowest BCUT2D eigenvalue weighted by Gasteiger charge is -2.16. The Balaban J connectivity index is 1.81. The number of carbonyl (C=O) groups excluding carboxylic acids is 2. The number of hydrogen-bond donors (Lipinski definition) is 6. The third kappa shape index (κ3) is 11.4. The molecule has 59 heavy (non-hydrogen) atoms. The number of azo groups is 2. The van der Waals surface area contributed by atoms with Crippen molar-refractivity contribution in [3.63, 3.8) is 0 Å². The van der Waals surface area contributed by atoms with E-state index in [1.165, 1.54) is 6.92 Å². The van der Waals surface area contributed by atoms with E-state index in [0.29, 0.717) is 18.2 Å². The van der Waals surface area contributed by atoms with E-state index in [0.717, 1.165) is 50.4 Å². The molecule has 0 spiro atoms. The summed E-state index contributed by atoms with van der Waals surface area (Å²) in [4.78, 5) is 22.9. The lowest BCUT2D eigenvalue weighted by molar-refractivity contribution is -0.126. The standard InChI is InChI=1S/C30H29N5O19S5/c1-15-10-21(23(53-3)14-24(15)57(44,45)46)33-35-28-25(58(47,48)49)12-17-11-20(56(41,42)43)13-22(26(17)29(28)37)31-30(38)27(16(2)36)34-32-18-4-6-19(7-5-18)55(39,40)9-8-54-59(50,51)52/h4-7,10-14,27,37H,8-9H2,1-3H3,(H,31,38)(H,41,42,43)(H,44,45,46)(H,47,48,49)(H,50,51,52). The van der Waals surface area contributed by atoms with E-state index in [9.17, 15) is 70.4 Å². The van der Waals surface area contributed by atoms with Gasteiger partial charge in [-0.1, -0.05) is 0 Å². The van der Waals surface area contributed by atoms with Crippen LogP contribution in [0.3, 0.4) is 0 Å². The number of fused-ring (bicyclic) bond motifs is 1. The van der Waals surface area contributed by atoms with E-state index in [4.69, 9.17) is 9.29 Å². The van der Waals surface area contributed by atoms with Crippen molar-refractivity contribution in [1.82, 2.24) is 0 Å². The largest absolute Gasteiger partial charge is 0.505 e. The monoisotopic (exact) mass is 923 g/mol. The Bertz CT molecular complexity index is 3010. The summed E-state index contributed by atoms with van der Waals surface area (Å²) in [7, 11) is -23.2. The van der Waals surface area contributed by atoms with Gasteiger partial charge in [-0.2, -0.15) is 43.9 Å². The number of methoxy groups -OCH3 is 1. The van der Waals surface area contributed by atoms with Crippen LogP contribution < -0.4 is 10.1 Å². The molecule has 0 saturated carbocycles. The summed E-state index contributed by atoms with van der Waals surface area (Å²) in [5, 5.41) is 27.3. The Morgan fingerprint density at radius 1 is 0.763 bits per heavy atom. The number of ether oxygens (including phenoxy) is 1. The quantitative estimate of drug-likeness (QED) is 0.0533. The van der Waals surface area contributed by atoms with Crippen LogP contribution in [0.1, 0.15) is 12.5 Å². The van der Waals surface area contributed by atoms with Crippen molar-refractivity contribution in [2.75, 3.05) is 24.8 Å². The van der Waals surface area contributed by atoms with Gasteiger partial charge in [-0.15, -0.1) is 10.2 Å². The van der Waals surface area contributed by atoms with Gasteiger partial charge in [-0.25, -0.2) is 12.6 Å². The predicted octanol–water partition coefficient (Wildman–Crippen LogP) is 3.29. The Labute approximate surface area is 334 Å². The molecule has 0 aliphatic heterocycles. The highest BCUT2D eigenvalue weighted by atomic mass is 32.3. The highest BCUT2D eigenvalue weighted by molar-refractivity contribution is 7.91. The van der Waals surface area contributed by atoms with Crippen LogP contribution in [0.2, 0.25) is 0 Å². The molecule has 0 heterocycles. The summed E-state index contributed by atoms with van der Waals surface area (Å²) in [5.74, 6) is -4.71. The number of aromatic hydroxyl groups is 1. The second-order valence-corrected chi connectivity index (χ2v) is 19.2. The molecule has 0 fully saturated rings. The fourth-order valence-electron chi connectivity index (χ4n) is 5.01. The Hall–Kier alpha value is -5.37. The molecule has 318 valence electrons. The first-order valence-corrected chi connectivity index (χ1v) is 22.9. The summed E-state index contributed by atoms with van der Waals surface area (Å²) in [6.45, 7) is 1.24. The van der Waals surface area contributed by atoms with Crippen LogP contribution in [-0.2, 0) is 64.4 Å². The Kier molecular flexibility index (Phi) is 13.4. The number of aryl methyl sites for hydroxylation is 1. The van der Waals surface area contributed by atoms with Crippen molar-refractivity contribution < 1.29 is 83.9 Å². The maximum absolute atomic E-state index is 13.5. The van der Waals surface area contributed by atoms with Crippen LogP contribution in [0.4, 0.5) is 22.7 Å². The molecule has 1 amide bonds. The molecule has 0 saturated heterocycles. The lowest BCUT2D eigenvalue weighted by Crippen LogP contribution is -2.32. The second-order valence-electron chi connectivity index (χ2n) is 11.8. The van der Waals surface area contributed by atoms with Gasteiger partial charge in [0.05, 0.1) is 40.6 Å². The van der Waals surface area contributed by atoms with Crippen LogP contribution in [0.25, 0.3) is 10.8 Å². The normalized spacial score (nSPS) is 13.5. The highest BCUT2D eigenvalue weighted by Gasteiger charge is 2.29. The summed E-state index contributed by atoms with van der Waals surface area (Å²) >= 11 is 0. The third-order valence-corrected chi connectivity index (χ3v) is 12.5. The number of nitrogens with one attached hydrogen (secondary N) is 1. The zero-order chi connectivity index (χ0) is 44.5. The average Bonchev–Trinajstić information content (AvgIpc) is 3.09. The van der Waals surface area contributed by atoms with Crippen molar-refractivity contribution >= 4 is 95.8 Å². The minimum atomic E-state index is -5.36. The van der Waals surface area contributed by atoms with E-state index >= 15 is 0 Å². The van der Waals surface area contributed by atoms with Crippen molar-refractivity contribution in [3.8, 4) is 11.5 Å². The summed E-state index contributed by atoms with van der Waals surface area (Å²) in [6.07, 6.45) is 0. The molecule has 1 atom stereocenters. The molecule has 0 aliphatic carbocycles. The molecule has 4 rings (SSSR count). The van der Waals surface area contributed by atoms with Gasteiger partial charge in [0.15, 0.2) is 21.4 Å². The van der Waals surface area contributed by atoms with Gasteiger partial charge in [0.2, 0.25) is 6.04 Å². The number of ketones is 1. The zero-order valence-corrected chi connectivity index (χ0v) is 34.1. The Morgan fingerprint density at radius 3 is 1.90 bits per heavy atom. The molecule has 24 nitrogen and oxygen atoms in total. The van der Waals surface area contributed by atoms with Crippen LogP contribution in [0.5, 0.6) is 11.5 Å². The van der Waals surface area contributed by atoms with Crippen LogP contribution in [-0.4, -0.2) is 103 Å². The van der Waals surface area contributed by atoms with Gasteiger partial charge in [0.25, 0.3) is 36.3 Å². The van der Waals surface area contributed by atoms with Crippen molar-refractivity contribution in [2.24, 2.45) is 20.5 Å². The molecule has 0 aromatic heterocycles. The first kappa shape index (κ1) is 46.3. The van der Waals surface area contributed by atoms with Crippen molar-refractivity contribution in [2.45, 2.75) is 39.5 Å². The van der Waals surface area contributed by atoms with Crippen LogP contribution in [0, 0.1) is 6.92 Å². The van der Waals surface area contributed by atoms with E-state index in [-0.39, 0.29) is 27.6 Å². The van der Waals surface area contributed by atoms with E-state index < -0.39 is 123 Å². The lowest BCUT2D eigenvalue weighted by atomic mass is 10.1. The van der Waals surface area contributed by atoms with Gasteiger partial charge in [-0.3, -0.25) is 27.8 Å². The van der Waals surface area contributed by atoms with E-state index in [2.05, 4.69) is 30.0 Å². The summed E-state index contributed by atoms with van der Waals surface area (Å²) in [5.41, 5.74) is -2.26. The number of benzene rings is 4. The van der Waals surface area contributed by atoms with Gasteiger partial charge >= 0.3 is 10.4 Å². The number of carbonyl (C=O) groups is 2. The predicted molar refractivity (Wildman–Crippen MR) is 201 cm³/mol. The highest BCUT2D eigenvalue weighted by Crippen LogP contribution is 2.46. The Morgan fingerprint density at radius 2 is 1.37 bits per heavy atom. The number of nitrogens with zero attached hydrogens (tertiary/aromatic N) is 4. The fraction of sp³-hybridized carbons (Fsp3) is 0.200. The number of phenolic OH excluding ortho intramolecular Hbond substituents is 1. The van der Waals surface area contributed by atoms with Crippen molar-refractivity contribution in [1.29, 1.82) is 0 Å². The first-order valence-electron chi connectivity index (χ1n) is 15.6. The molecule has 4 aromatic rings. The molecule has 4 aromatic carbocycles. The molecule has 6 N–H and O–H groups in total. The van der Waals surface area contributed by atoms with Gasteiger partial charge in [0, 0.05) is 11.5 Å². The number of amides is 1. The summed E-state index contributed by atoms with van der Waals surface area (Å²) < 4.78 is 166. The van der Waals surface area contributed by atoms with E-state index in [1.807, 2.05) is 0 Å². The number of hydrogen-bond acceptors (Lipinski definition) is 19. The molecule has 0 radical (unpaired) electrons. The molecule has 29 heteroatoms. The van der Waals surface area contributed by atoms with Gasteiger partial charge in [-0.05, 0) is 73.3 Å². The number of rotatable bonds is 16. The first-order chi connectivity index (χ1) is 27.0. The maximum Gasteiger partial charge on any atom is 0.397 e. The molecule has 0 bridgehead atoms. The smallest absolute Gasteiger partial charge is 0.397 e. The third-order valence-electron chi connectivity index (χ3n) is 7.67. The SMILES string of the molecule is COc1cc(S(=O)(=O)O)c(C)cc1N=Nc1c(S(=O)(=O)O)cc2cc(S(=O)(=O)O)cc(NC(=O)C(N=Nc3ccc(S(=O)(=O)CCOS(=O)(=O)O)cc3)C(C)=O)c2c1O. The van der Waals surface area contributed by atoms with Crippen LogP contribution >= 0.6 is 0 Å². The average molecular weight is 924 g/mol. The minimum absolute atomic E-state index is 0.0908. The maximum atomic E-state index is 13.5. The number of phenols is 1.